The maximum atomic E-state index is 13.7. The smallest absolute Gasteiger partial charge is 0.234 e. The summed E-state index contributed by atoms with van der Waals surface area (Å²) < 4.78 is 26.5. The molecule has 0 saturated carbocycles. The van der Waals surface area contributed by atoms with Crippen LogP contribution in [0.3, 0.4) is 0 Å². The zero-order valence-corrected chi connectivity index (χ0v) is 11.8. The molecule has 1 rings (SSSR count). The van der Waals surface area contributed by atoms with Gasteiger partial charge in [0, 0.05) is 11.6 Å². The van der Waals surface area contributed by atoms with Crippen molar-refractivity contribution in [2.45, 2.75) is 25.8 Å². The fourth-order valence-electron chi connectivity index (χ4n) is 1.78. The van der Waals surface area contributed by atoms with Gasteiger partial charge in [0.15, 0.2) is 0 Å². The second kappa shape index (κ2) is 8.82. The predicted molar refractivity (Wildman–Crippen MR) is 73.3 cm³/mol. The van der Waals surface area contributed by atoms with E-state index in [2.05, 4.69) is 10.6 Å². The molecule has 0 fully saturated rings. The van der Waals surface area contributed by atoms with Crippen molar-refractivity contribution in [3.63, 3.8) is 0 Å². The first-order valence-corrected chi connectivity index (χ1v) is 5.97. The Morgan fingerprint density at radius 1 is 1.37 bits per heavy atom. The van der Waals surface area contributed by atoms with Crippen LogP contribution in [-0.2, 0) is 4.79 Å². The number of likely N-dealkylation sites (N-methyl/N-ethyl adjacent to an activating group) is 1. The molecular weight excluding hydrogens is 274 g/mol. The Kier molecular flexibility index (Phi) is 8.27. The highest BCUT2D eigenvalue weighted by Crippen LogP contribution is 2.22. The van der Waals surface area contributed by atoms with Crippen LogP contribution in [0.1, 0.15) is 31.4 Å². The van der Waals surface area contributed by atoms with Gasteiger partial charge in [0.25, 0.3) is 0 Å². The van der Waals surface area contributed by atoms with Crippen LogP contribution in [-0.4, -0.2) is 19.5 Å². The van der Waals surface area contributed by atoms with Crippen LogP contribution >= 0.6 is 12.4 Å². The lowest BCUT2D eigenvalue weighted by Crippen LogP contribution is -2.35. The van der Waals surface area contributed by atoms with Gasteiger partial charge in [0.05, 0.1) is 12.6 Å². The Morgan fingerprint density at radius 3 is 2.58 bits per heavy atom. The number of amides is 1. The largest absolute Gasteiger partial charge is 0.348 e. The fourth-order valence-corrected chi connectivity index (χ4v) is 1.78. The third kappa shape index (κ3) is 5.53. The van der Waals surface area contributed by atoms with Crippen molar-refractivity contribution >= 4 is 18.3 Å². The van der Waals surface area contributed by atoms with E-state index in [1.54, 1.807) is 7.05 Å². The maximum absolute atomic E-state index is 13.7. The first-order chi connectivity index (χ1) is 8.58. The van der Waals surface area contributed by atoms with Gasteiger partial charge in [-0.15, -0.1) is 12.4 Å². The highest BCUT2D eigenvalue weighted by Gasteiger charge is 2.17. The molecule has 0 heterocycles. The van der Waals surface area contributed by atoms with Crippen molar-refractivity contribution in [1.29, 1.82) is 0 Å². The molecular formula is C13H19ClF2N2O. The zero-order chi connectivity index (χ0) is 13.5. The minimum atomic E-state index is -0.627. The van der Waals surface area contributed by atoms with Crippen molar-refractivity contribution in [1.82, 2.24) is 10.6 Å². The number of carbonyl (C=O) groups excluding carboxylic acids is 1. The maximum Gasteiger partial charge on any atom is 0.234 e. The van der Waals surface area contributed by atoms with Crippen LogP contribution in [0.15, 0.2) is 18.2 Å². The van der Waals surface area contributed by atoms with Gasteiger partial charge in [-0.05, 0) is 19.5 Å². The number of rotatable bonds is 6. The lowest BCUT2D eigenvalue weighted by Gasteiger charge is -2.19. The van der Waals surface area contributed by atoms with Gasteiger partial charge in [-0.1, -0.05) is 19.4 Å². The SMILES string of the molecule is CCCC(NC(=O)CNC)c1ccc(F)cc1F.Cl. The number of hydrogen-bond donors (Lipinski definition) is 2. The van der Waals surface area contributed by atoms with E-state index in [1.807, 2.05) is 6.92 Å². The van der Waals surface area contributed by atoms with Crippen LogP contribution in [0, 0.1) is 11.6 Å². The molecule has 3 nitrogen and oxygen atoms in total. The summed E-state index contributed by atoms with van der Waals surface area (Å²) in [6.45, 7) is 2.11. The van der Waals surface area contributed by atoms with E-state index in [4.69, 9.17) is 0 Å². The Hall–Kier alpha value is -1.20. The van der Waals surface area contributed by atoms with Crippen LogP contribution in [0.5, 0.6) is 0 Å². The van der Waals surface area contributed by atoms with Crippen molar-refractivity contribution in [2.75, 3.05) is 13.6 Å². The predicted octanol–water partition coefficient (Wildman–Crippen LogP) is 2.56. The highest BCUT2D eigenvalue weighted by atomic mass is 35.5. The van der Waals surface area contributed by atoms with Crippen molar-refractivity contribution in [3.05, 3.63) is 35.4 Å². The molecule has 1 aromatic carbocycles. The van der Waals surface area contributed by atoms with E-state index < -0.39 is 17.7 Å². The quantitative estimate of drug-likeness (QED) is 0.846. The first-order valence-electron chi connectivity index (χ1n) is 5.97. The van der Waals surface area contributed by atoms with Crippen LogP contribution in [0.4, 0.5) is 8.78 Å². The molecule has 0 aromatic heterocycles. The Morgan fingerprint density at radius 2 is 2.05 bits per heavy atom. The van der Waals surface area contributed by atoms with Crippen molar-refractivity contribution in [2.24, 2.45) is 0 Å². The molecule has 1 unspecified atom stereocenters. The number of hydrogen-bond acceptors (Lipinski definition) is 2. The molecule has 0 aliphatic heterocycles. The minimum absolute atomic E-state index is 0. The molecule has 1 atom stereocenters. The highest BCUT2D eigenvalue weighted by molar-refractivity contribution is 5.85. The molecule has 0 spiro atoms. The van der Waals surface area contributed by atoms with Crippen LogP contribution in [0.25, 0.3) is 0 Å². The molecule has 1 amide bonds. The summed E-state index contributed by atoms with van der Waals surface area (Å²) in [5, 5.41) is 5.46. The summed E-state index contributed by atoms with van der Waals surface area (Å²) in [7, 11) is 1.66. The summed E-state index contributed by atoms with van der Waals surface area (Å²) >= 11 is 0. The number of carbonyl (C=O) groups is 1. The number of nitrogens with one attached hydrogen (secondary N) is 2. The van der Waals surface area contributed by atoms with E-state index in [-0.39, 0.29) is 24.9 Å². The first kappa shape index (κ1) is 17.8. The molecule has 2 N–H and O–H groups in total. The van der Waals surface area contributed by atoms with E-state index >= 15 is 0 Å². The van der Waals surface area contributed by atoms with Crippen LogP contribution in [0.2, 0.25) is 0 Å². The Bertz CT molecular complexity index is 416. The lowest BCUT2D eigenvalue weighted by molar-refractivity contribution is -0.120. The molecule has 0 bridgehead atoms. The number of benzene rings is 1. The van der Waals surface area contributed by atoms with Gasteiger partial charge in [-0.25, -0.2) is 8.78 Å². The second-order valence-electron chi connectivity index (χ2n) is 4.10. The Balaban J connectivity index is 0.00000324. The third-order valence-electron chi connectivity index (χ3n) is 2.59. The van der Waals surface area contributed by atoms with E-state index in [0.29, 0.717) is 12.0 Å². The second-order valence-corrected chi connectivity index (χ2v) is 4.10. The average molecular weight is 293 g/mol. The van der Waals surface area contributed by atoms with Crippen molar-refractivity contribution < 1.29 is 13.6 Å². The summed E-state index contributed by atoms with van der Waals surface area (Å²) in [5.41, 5.74) is 0.322. The Labute approximate surface area is 118 Å². The minimum Gasteiger partial charge on any atom is -0.348 e. The monoisotopic (exact) mass is 292 g/mol. The third-order valence-corrected chi connectivity index (χ3v) is 2.59. The molecule has 1 aromatic rings. The molecule has 6 heteroatoms. The molecule has 0 radical (unpaired) electrons. The van der Waals surface area contributed by atoms with E-state index in [0.717, 1.165) is 12.5 Å². The van der Waals surface area contributed by atoms with E-state index in [9.17, 15) is 13.6 Å². The topological polar surface area (TPSA) is 41.1 Å². The molecule has 0 aliphatic carbocycles. The summed E-state index contributed by atoms with van der Waals surface area (Å²) in [6.07, 6.45) is 1.40. The summed E-state index contributed by atoms with van der Waals surface area (Å²) in [6, 6.07) is 2.99. The molecule has 19 heavy (non-hydrogen) atoms. The molecule has 108 valence electrons. The van der Waals surface area contributed by atoms with Gasteiger partial charge in [-0.2, -0.15) is 0 Å². The van der Waals surface area contributed by atoms with Gasteiger partial charge in [0.2, 0.25) is 5.91 Å². The zero-order valence-electron chi connectivity index (χ0n) is 11.0. The van der Waals surface area contributed by atoms with E-state index in [1.165, 1.54) is 12.1 Å². The van der Waals surface area contributed by atoms with Crippen LogP contribution < -0.4 is 10.6 Å². The standard InChI is InChI=1S/C13H18F2N2O.ClH/c1-3-4-12(17-13(18)8-16-2)10-6-5-9(14)7-11(10)15;/h5-7,12,16H,3-4,8H2,1-2H3,(H,17,18);1H. The van der Waals surface area contributed by atoms with Gasteiger partial charge < -0.3 is 10.6 Å². The normalized spacial score (nSPS) is 11.6. The average Bonchev–Trinajstić information content (AvgIpc) is 2.29. The summed E-state index contributed by atoms with van der Waals surface area (Å²) in [5.74, 6) is -1.45. The molecule has 0 saturated heterocycles. The van der Waals surface area contributed by atoms with Gasteiger partial charge >= 0.3 is 0 Å². The van der Waals surface area contributed by atoms with Gasteiger partial charge in [0.1, 0.15) is 11.6 Å². The van der Waals surface area contributed by atoms with Crippen molar-refractivity contribution in [3.8, 4) is 0 Å². The number of halogens is 3. The fraction of sp³-hybridized carbons (Fsp3) is 0.462. The summed E-state index contributed by atoms with van der Waals surface area (Å²) in [4.78, 5) is 11.5. The lowest BCUT2D eigenvalue weighted by atomic mass is 10.0. The van der Waals surface area contributed by atoms with Gasteiger partial charge in [-0.3, -0.25) is 4.79 Å². The molecule has 0 aliphatic rings.